The number of ketones is 2. The quantitative estimate of drug-likeness (QED) is 0.386. The summed E-state index contributed by atoms with van der Waals surface area (Å²) in [4.78, 5) is 45.0. The molecule has 10 nitrogen and oxygen atoms in total. The number of phenolic OH excluding ortho intramolecular Hbond substituents is 1. The number of benzene rings is 1. The van der Waals surface area contributed by atoms with E-state index < -0.39 is 58.0 Å². The molecule has 1 amide bonds. The zero-order chi connectivity index (χ0) is 27.0. The van der Waals surface area contributed by atoms with Gasteiger partial charge in [-0.3, -0.25) is 24.3 Å². The van der Waals surface area contributed by atoms with Crippen LogP contribution in [-0.2, 0) is 20.8 Å². The summed E-state index contributed by atoms with van der Waals surface area (Å²) in [5.41, 5.74) is 4.51. The molecular formula is C27H27N3O7. The number of phenols is 1. The predicted octanol–water partition coefficient (Wildman–Crippen LogP) is 1.33. The molecule has 0 radical (unpaired) electrons. The van der Waals surface area contributed by atoms with Crippen LogP contribution in [0.5, 0.6) is 5.75 Å². The molecule has 0 unspecified atom stereocenters. The van der Waals surface area contributed by atoms with Crippen molar-refractivity contribution in [3.63, 3.8) is 0 Å². The number of amides is 1. The van der Waals surface area contributed by atoms with Gasteiger partial charge in [0.05, 0.1) is 17.3 Å². The molecule has 5 rings (SSSR count). The van der Waals surface area contributed by atoms with E-state index in [0.717, 1.165) is 5.56 Å². The molecule has 3 aliphatic rings. The van der Waals surface area contributed by atoms with Gasteiger partial charge in [-0.15, -0.1) is 0 Å². The summed E-state index contributed by atoms with van der Waals surface area (Å²) in [5.74, 6) is -6.75. The van der Waals surface area contributed by atoms with Gasteiger partial charge in [0, 0.05) is 23.3 Å². The summed E-state index contributed by atoms with van der Waals surface area (Å²) >= 11 is 0. The molecule has 0 aliphatic heterocycles. The number of Topliss-reactive ketones (excluding diaryl/α,β-unsaturated/α-hetero) is 2. The van der Waals surface area contributed by atoms with Crippen molar-refractivity contribution in [1.82, 2.24) is 9.88 Å². The Morgan fingerprint density at radius 1 is 1.14 bits per heavy atom. The Kier molecular flexibility index (Phi) is 5.50. The van der Waals surface area contributed by atoms with Crippen LogP contribution in [0.2, 0.25) is 0 Å². The maximum Gasteiger partial charge on any atom is 0.255 e. The summed E-state index contributed by atoms with van der Waals surface area (Å²) in [6, 6.07) is 5.66. The van der Waals surface area contributed by atoms with Gasteiger partial charge in [0.1, 0.15) is 22.8 Å². The fourth-order valence-electron chi connectivity index (χ4n) is 6.11. The number of aliphatic hydroxyl groups is 3. The summed E-state index contributed by atoms with van der Waals surface area (Å²) in [7, 11) is 3.12. The van der Waals surface area contributed by atoms with E-state index in [1.54, 1.807) is 26.4 Å². The van der Waals surface area contributed by atoms with Gasteiger partial charge in [-0.25, -0.2) is 0 Å². The lowest BCUT2D eigenvalue weighted by Crippen LogP contribution is -2.65. The van der Waals surface area contributed by atoms with Gasteiger partial charge in [0.25, 0.3) is 5.91 Å². The SMILES string of the molecule is Cc1ccc(-c2ccc(O)c3c2C[C@H]2C[C@H]4[C@H](N(C)C)C(=O)C(C(N)=O)=C(O)[C@@]4(O)C(=O)C2=C3O)nc1. The molecule has 1 heterocycles. The Morgan fingerprint density at radius 3 is 2.43 bits per heavy atom. The second kappa shape index (κ2) is 8.25. The first kappa shape index (κ1) is 24.7. The number of carbonyl (C=O) groups is 3. The number of fused-ring (bicyclic) bond motifs is 3. The molecule has 1 aromatic carbocycles. The van der Waals surface area contributed by atoms with E-state index in [4.69, 9.17) is 5.73 Å². The van der Waals surface area contributed by atoms with Crippen LogP contribution in [0.15, 0.2) is 47.4 Å². The summed E-state index contributed by atoms with van der Waals surface area (Å²) < 4.78 is 0. The van der Waals surface area contributed by atoms with Gasteiger partial charge in [0.2, 0.25) is 5.78 Å². The number of aryl methyl sites for hydroxylation is 1. The minimum absolute atomic E-state index is 0.0299. The second-order valence-electron chi connectivity index (χ2n) is 10.2. The molecule has 2 aromatic rings. The molecule has 1 saturated carbocycles. The summed E-state index contributed by atoms with van der Waals surface area (Å²) in [5, 5.41) is 44.5. The van der Waals surface area contributed by atoms with Crippen LogP contribution in [0.25, 0.3) is 17.0 Å². The third-order valence-corrected chi connectivity index (χ3v) is 7.79. The average molecular weight is 506 g/mol. The van der Waals surface area contributed by atoms with Crippen molar-refractivity contribution in [3.8, 4) is 17.0 Å². The first-order valence-corrected chi connectivity index (χ1v) is 11.8. The number of aliphatic hydroxyl groups excluding tert-OH is 2. The van der Waals surface area contributed by atoms with Crippen molar-refractivity contribution in [2.45, 2.75) is 31.4 Å². The van der Waals surface area contributed by atoms with E-state index in [2.05, 4.69) is 4.98 Å². The van der Waals surface area contributed by atoms with Crippen molar-refractivity contribution < 1.29 is 34.8 Å². The number of carbonyl (C=O) groups excluding carboxylic acids is 3. The molecule has 4 atom stereocenters. The number of aromatic hydroxyl groups is 1. The third-order valence-electron chi connectivity index (χ3n) is 7.79. The van der Waals surface area contributed by atoms with Crippen molar-refractivity contribution in [2.24, 2.45) is 17.6 Å². The maximum atomic E-state index is 13.9. The molecule has 6 N–H and O–H groups in total. The number of nitrogens with zero attached hydrogens (tertiary/aromatic N) is 2. The molecule has 1 aromatic heterocycles. The molecule has 3 aliphatic carbocycles. The van der Waals surface area contributed by atoms with E-state index in [9.17, 15) is 34.8 Å². The normalized spacial score (nSPS) is 27.2. The lowest BCUT2D eigenvalue weighted by atomic mass is 9.57. The van der Waals surface area contributed by atoms with E-state index in [1.807, 2.05) is 19.1 Å². The van der Waals surface area contributed by atoms with Crippen molar-refractivity contribution >= 4 is 23.2 Å². The van der Waals surface area contributed by atoms with Gasteiger partial charge >= 0.3 is 0 Å². The van der Waals surface area contributed by atoms with Crippen LogP contribution in [0.4, 0.5) is 0 Å². The van der Waals surface area contributed by atoms with Gasteiger partial charge in [0.15, 0.2) is 11.4 Å². The van der Waals surface area contributed by atoms with Gasteiger partial charge in [-0.05, 0) is 69.1 Å². The molecule has 192 valence electrons. The van der Waals surface area contributed by atoms with E-state index in [-0.39, 0.29) is 29.7 Å². The Balaban J connectivity index is 1.74. The average Bonchev–Trinajstić information content (AvgIpc) is 2.82. The molecule has 1 fully saturated rings. The molecule has 10 heteroatoms. The Morgan fingerprint density at radius 2 is 1.84 bits per heavy atom. The number of rotatable bonds is 3. The number of primary amides is 1. The second-order valence-corrected chi connectivity index (χ2v) is 10.2. The zero-order valence-electron chi connectivity index (χ0n) is 20.5. The van der Waals surface area contributed by atoms with E-state index in [1.165, 1.54) is 11.0 Å². The number of hydrogen-bond acceptors (Lipinski definition) is 9. The monoisotopic (exact) mass is 505 g/mol. The van der Waals surface area contributed by atoms with Gasteiger partial charge in [-0.1, -0.05) is 6.07 Å². The lowest BCUT2D eigenvalue weighted by Gasteiger charge is -2.50. The topological polar surface area (TPSA) is 174 Å². The molecule has 0 saturated heterocycles. The fraction of sp³-hybridized carbons (Fsp3) is 0.333. The number of pyridine rings is 1. The van der Waals surface area contributed by atoms with Crippen LogP contribution >= 0.6 is 0 Å². The predicted molar refractivity (Wildman–Crippen MR) is 132 cm³/mol. The van der Waals surface area contributed by atoms with E-state index in [0.29, 0.717) is 16.8 Å². The van der Waals surface area contributed by atoms with Gasteiger partial charge < -0.3 is 26.2 Å². The third kappa shape index (κ3) is 3.32. The van der Waals surface area contributed by atoms with E-state index >= 15 is 0 Å². The minimum Gasteiger partial charge on any atom is -0.508 e. The van der Waals surface area contributed by atoms with Crippen molar-refractivity contribution in [2.75, 3.05) is 14.1 Å². The van der Waals surface area contributed by atoms with Crippen LogP contribution in [-0.4, -0.2) is 73.5 Å². The fourth-order valence-corrected chi connectivity index (χ4v) is 6.11. The minimum atomic E-state index is -2.66. The van der Waals surface area contributed by atoms with Crippen LogP contribution in [0.1, 0.15) is 23.1 Å². The summed E-state index contributed by atoms with van der Waals surface area (Å²) in [6.07, 6.45) is 1.93. The lowest BCUT2D eigenvalue weighted by molar-refractivity contribution is -0.153. The largest absolute Gasteiger partial charge is 0.508 e. The standard InChI is InChI=1S/C27H27N3O7/c1-11-4-6-16(29-10-11)13-5-7-17(31)19-14(13)8-12-9-15-21(30(2)3)23(33)20(26(28)36)25(35)27(15,37)24(34)18(12)22(19)32/h4-7,10,12,15,21,31-32,35,37H,8-9H2,1-3H3,(H2,28,36)/t12-,15-,21-,27-/m0/s1. The first-order valence-electron chi connectivity index (χ1n) is 11.8. The highest BCUT2D eigenvalue weighted by atomic mass is 16.3. The highest BCUT2D eigenvalue weighted by molar-refractivity contribution is 6.24. The Hall–Kier alpha value is -4.02. The highest BCUT2D eigenvalue weighted by Crippen LogP contribution is 2.53. The molecular weight excluding hydrogens is 478 g/mol. The molecule has 0 bridgehead atoms. The molecule has 0 spiro atoms. The van der Waals surface area contributed by atoms with Gasteiger partial charge in [-0.2, -0.15) is 0 Å². The highest BCUT2D eigenvalue weighted by Gasteiger charge is 2.64. The van der Waals surface area contributed by atoms with Crippen LogP contribution in [0, 0.1) is 18.8 Å². The number of hydrogen-bond donors (Lipinski definition) is 5. The maximum absolute atomic E-state index is 13.9. The van der Waals surface area contributed by atoms with Crippen molar-refractivity contribution in [1.29, 1.82) is 0 Å². The Labute approximate surface area is 212 Å². The first-order chi connectivity index (χ1) is 17.4. The number of aromatic nitrogens is 1. The van der Waals surface area contributed by atoms with Crippen molar-refractivity contribution in [3.05, 3.63) is 64.1 Å². The number of nitrogens with two attached hydrogens (primary N) is 1. The van der Waals surface area contributed by atoms with Crippen LogP contribution < -0.4 is 5.73 Å². The zero-order valence-corrected chi connectivity index (χ0v) is 20.5. The smallest absolute Gasteiger partial charge is 0.255 e. The molecule has 37 heavy (non-hydrogen) atoms. The van der Waals surface area contributed by atoms with Crippen LogP contribution in [0.3, 0.4) is 0 Å². The summed E-state index contributed by atoms with van der Waals surface area (Å²) in [6.45, 7) is 1.90. The Bertz CT molecular complexity index is 1440. The number of likely N-dealkylation sites (N-methyl/N-ethyl adjacent to an activating group) is 1.